The molecule has 0 spiro atoms. The van der Waals surface area contributed by atoms with Gasteiger partial charge in [0.05, 0.1) is 25.0 Å². The Morgan fingerprint density at radius 1 is 1.36 bits per heavy atom. The number of hydrogen-bond donors (Lipinski definition) is 3. The van der Waals surface area contributed by atoms with Crippen molar-refractivity contribution in [1.82, 2.24) is 20.4 Å². The van der Waals surface area contributed by atoms with E-state index in [-0.39, 0.29) is 12.1 Å². The van der Waals surface area contributed by atoms with Gasteiger partial charge in [0.25, 0.3) is 0 Å². The highest BCUT2D eigenvalue weighted by Gasteiger charge is 2.15. The number of methoxy groups -OCH3 is 1. The van der Waals surface area contributed by atoms with Crippen LogP contribution < -0.4 is 15.4 Å². The Balaban J connectivity index is 1.95. The van der Waals surface area contributed by atoms with Crippen LogP contribution in [-0.4, -0.2) is 48.9 Å². The normalized spacial score (nSPS) is 12.0. The third-order valence-corrected chi connectivity index (χ3v) is 3.34. The number of amides is 2. The van der Waals surface area contributed by atoms with Gasteiger partial charge in [-0.15, -0.1) is 0 Å². The number of carbonyl (C=O) groups is 1. The molecule has 0 aliphatic carbocycles. The zero-order chi connectivity index (χ0) is 15.9. The maximum atomic E-state index is 11.9. The summed E-state index contributed by atoms with van der Waals surface area (Å²) in [7, 11) is 5.59. The van der Waals surface area contributed by atoms with Crippen LogP contribution in [0.1, 0.15) is 11.6 Å². The molecule has 0 bridgehead atoms. The number of urea groups is 1. The van der Waals surface area contributed by atoms with Crippen LogP contribution in [0.4, 0.5) is 10.5 Å². The molecule has 0 aliphatic heterocycles. The van der Waals surface area contributed by atoms with E-state index in [0.717, 1.165) is 11.3 Å². The largest absolute Gasteiger partial charge is 0.497 e. The van der Waals surface area contributed by atoms with Crippen molar-refractivity contribution in [3.05, 3.63) is 42.2 Å². The minimum Gasteiger partial charge on any atom is -0.497 e. The summed E-state index contributed by atoms with van der Waals surface area (Å²) in [5, 5.41) is 12.0. The summed E-state index contributed by atoms with van der Waals surface area (Å²) in [6.07, 6.45) is 3.17. The number of ether oxygens (including phenoxy) is 1. The summed E-state index contributed by atoms with van der Waals surface area (Å²) < 4.78 is 5.16. The lowest BCUT2D eigenvalue weighted by atomic mass is 10.1. The Labute approximate surface area is 129 Å². The molecule has 7 heteroatoms. The first-order chi connectivity index (χ1) is 10.6. The fourth-order valence-electron chi connectivity index (χ4n) is 2.11. The molecule has 118 valence electrons. The van der Waals surface area contributed by atoms with Crippen molar-refractivity contribution in [2.45, 2.75) is 6.04 Å². The van der Waals surface area contributed by atoms with Crippen molar-refractivity contribution in [3.8, 4) is 5.75 Å². The second-order valence-electron chi connectivity index (χ2n) is 5.07. The number of H-pyrrole nitrogens is 1. The third kappa shape index (κ3) is 4.23. The van der Waals surface area contributed by atoms with Gasteiger partial charge in [0.15, 0.2) is 0 Å². The topological polar surface area (TPSA) is 82.3 Å². The van der Waals surface area contributed by atoms with E-state index in [1.54, 1.807) is 19.5 Å². The molecule has 2 rings (SSSR count). The zero-order valence-electron chi connectivity index (χ0n) is 13.0. The Bertz CT molecular complexity index is 580. The Morgan fingerprint density at radius 2 is 2.09 bits per heavy atom. The fraction of sp³-hybridized carbons (Fsp3) is 0.333. The molecular formula is C15H21N5O2. The number of anilines is 1. The molecule has 1 heterocycles. The predicted molar refractivity (Wildman–Crippen MR) is 85.0 cm³/mol. The number of hydrogen-bond acceptors (Lipinski definition) is 4. The highest BCUT2D eigenvalue weighted by Crippen LogP contribution is 2.20. The van der Waals surface area contributed by atoms with Crippen LogP contribution in [0.2, 0.25) is 0 Å². The molecule has 7 nitrogen and oxygen atoms in total. The number of rotatable bonds is 6. The van der Waals surface area contributed by atoms with Gasteiger partial charge in [0.2, 0.25) is 0 Å². The van der Waals surface area contributed by atoms with Gasteiger partial charge in [0.1, 0.15) is 5.75 Å². The summed E-state index contributed by atoms with van der Waals surface area (Å²) in [6.45, 7) is 0.489. The highest BCUT2D eigenvalue weighted by molar-refractivity contribution is 5.88. The van der Waals surface area contributed by atoms with E-state index < -0.39 is 0 Å². The average molecular weight is 303 g/mol. The van der Waals surface area contributed by atoms with Crippen molar-refractivity contribution < 1.29 is 9.53 Å². The number of aromatic nitrogens is 2. The SMILES string of the molecule is COc1ccc(C(CNC(=O)Nc2cn[nH]c2)N(C)C)cc1. The first kappa shape index (κ1) is 15.8. The highest BCUT2D eigenvalue weighted by atomic mass is 16.5. The molecule has 0 radical (unpaired) electrons. The lowest BCUT2D eigenvalue weighted by Crippen LogP contribution is -2.36. The summed E-state index contributed by atoms with van der Waals surface area (Å²) >= 11 is 0. The van der Waals surface area contributed by atoms with E-state index in [4.69, 9.17) is 4.74 Å². The first-order valence-electron chi connectivity index (χ1n) is 6.94. The molecule has 2 aromatic rings. The van der Waals surface area contributed by atoms with Crippen molar-refractivity contribution >= 4 is 11.7 Å². The van der Waals surface area contributed by atoms with E-state index in [2.05, 4.69) is 25.7 Å². The Hall–Kier alpha value is -2.54. The molecule has 0 saturated heterocycles. The second-order valence-corrected chi connectivity index (χ2v) is 5.07. The number of carbonyl (C=O) groups excluding carboxylic acids is 1. The summed E-state index contributed by atoms with van der Waals surface area (Å²) in [6, 6.07) is 7.63. The molecule has 0 fully saturated rings. The van der Waals surface area contributed by atoms with Crippen molar-refractivity contribution in [2.75, 3.05) is 33.1 Å². The molecule has 0 saturated carbocycles. The minimum absolute atomic E-state index is 0.0704. The fourth-order valence-corrected chi connectivity index (χ4v) is 2.11. The van der Waals surface area contributed by atoms with Crippen LogP contribution in [0.3, 0.4) is 0 Å². The maximum Gasteiger partial charge on any atom is 0.319 e. The summed E-state index contributed by atoms with van der Waals surface area (Å²) in [4.78, 5) is 13.9. The molecule has 1 aromatic carbocycles. The monoisotopic (exact) mass is 303 g/mol. The number of nitrogens with one attached hydrogen (secondary N) is 3. The molecule has 1 unspecified atom stereocenters. The van der Waals surface area contributed by atoms with Gasteiger partial charge >= 0.3 is 6.03 Å². The van der Waals surface area contributed by atoms with Gasteiger partial charge in [-0.1, -0.05) is 12.1 Å². The first-order valence-corrected chi connectivity index (χ1v) is 6.94. The molecule has 0 aliphatic rings. The van der Waals surface area contributed by atoms with Crippen LogP contribution in [0.15, 0.2) is 36.7 Å². The van der Waals surface area contributed by atoms with E-state index in [1.807, 2.05) is 38.4 Å². The Kier molecular flexibility index (Phi) is 5.37. The predicted octanol–water partition coefficient (Wildman–Crippen LogP) is 1.84. The minimum atomic E-state index is -0.262. The van der Waals surface area contributed by atoms with Crippen LogP contribution in [-0.2, 0) is 0 Å². The molecular weight excluding hydrogens is 282 g/mol. The second kappa shape index (κ2) is 7.46. The Morgan fingerprint density at radius 3 is 2.64 bits per heavy atom. The van der Waals surface area contributed by atoms with Crippen LogP contribution >= 0.6 is 0 Å². The summed E-state index contributed by atoms with van der Waals surface area (Å²) in [5.41, 5.74) is 1.73. The van der Waals surface area contributed by atoms with Crippen molar-refractivity contribution in [2.24, 2.45) is 0 Å². The molecule has 3 N–H and O–H groups in total. The summed E-state index contributed by atoms with van der Waals surface area (Å²) in [5.74, 6) is 0.812. The lowest BCUT2D eigenvalue weighted by Gasteiger charge is -2.25. The molecule has 2 amide bonds. The number of likely N-dealkylation sites (N-methyl/N-ethyl adjacent to an activating group) is 1. The van der Waals surface area contributed by atoms with Crippen molar-refractivity contribution in [1.29, 1.82) is 0 Å². The number of benzene rings is 1. The smallest absolute Gasteiger partial charge is 0.319 e. The standard InChI is InChI=1S/C15H21N5O2/c1-20(2)14(11-4-6-13(22-3)7-5-11)10-16-15(21)19-12-8-17-18-9-12/h4-9,14H,10H2,1-3H3,(H,17,18)(H2,16,19,21). The quantitative estimate of drug-likeness (QED) is 0.760. The van der Waals surface area contributed by atoms with E-state index >= 15 is 0 Å². The van der Waals surface area contributed by atoms with Crippen molar-refractivity contribution in [3.63, 3.8) is 0 Å². The van der Waals surface area contributed by atoms with E-state index in [9.17, 15) is 4.79 Å². The van der Waals surface area contributed by atoms with Gasteiger partial charge < -0.3 is 20.3 Å². The van der Waals surface area contributed by atoms with Gasteiger partial charge in [0, 0.05) is 12.7 Å². The molecule has 1 atom stereocenters. The van der Waals surface area contributed by atoms with Crippen LogP contribution in [0.5, 0.6) is 5.75 Å². The number of aromatic amines is 1. The van der Waals surface area contributed by atoms with Gasteiger partial charge in [-0.3, -0.25) is 5.10 Å². The van der Waals surface area contributed by atoms with Gasteiger partial charge in [-0.2, -0.15) is 5.10 Å². The van der Waals surface area contributed by atoms with Crippen LogP contribution in [0, 0.1) is 0 Å². The third-order valence-electron chi connectivity index (χ3n) is 3.34. The zero-order valence-corrected chi connectivity index (χ0v) is 13.0. The van der Waals surface area contributed by atoms with Gasteiger partial charge in [-0.25, -0.2) is 4.79 Å². The van der Waals surface area contributed by atoms with E-state index in [0.29, 0.717) is 12.2 Å². The van der Waals surface area contributed by atoms with E-state index in [1.165, 1.54) is 0 Å². The lowest BCUT2D eigenvalue weighted by molar-refractivity contribution is 0.243. The number of nitrogens with zero attached hydrogens (tertiary/aromatic N) is 2. The van der Waals surface area contributed by atoms with Gasteiger partial charge in [-0.05, 0) is 31.8 Å². The molecule has 1 aromatic heterocycles. The average Bonchev–Trinajstić information content (AvgIpc) is 3.00. The maximum absolute atomic E-state index is 11.9. The molecule has 22 heavy (non-hydrogen) atoms. The van der Waals surface area contributed by atoms with Crippen LogP contribution in [0.25, 0.3) is 0 Å².